The number of carbonyl (C=O) groups excluding carboxylic acids is 21. The number of carbonyl (C=O) groups is 22. The van der Waals surface area contributed by atoms with Gasteiger partial charge in [0.15, 0.2) is 12.0 Å². The maximum absolute atomic E-state index is 14.9. The highest BCUT2D eigenvalue weighted by Crippen LogP contribution is 2.27. The molecule has 5 aliphatic heterocycles. The number of guanidine groups is 1. The van der Waals surface area contributed by atoms with Crippen molar-refractivity contribution in [1.29, 1.82) is 5.41 Å². The number of aliphatic hydroxyl groups excluding tert-OH is 4. The number of hydrogen-bond donors (Lipinski definition) is 27. The van der Waals surface area contributed by atoms with Gasteiger partial charge in [-0.1, -0.05) is 44.2 Å². The van der Waals surface area contributed by atoms with Crippen LogP contribution < -0.4 is 114 Å². The molecule has 33 N–H and O–H groups in total. The number of nitrogens with zero attached hydrogens (tertiary/aromatic N) is 5. The normalized spacial score (nSPS) is 19.4. The lowest BCUT2D eigenvalue weighted by molar-refractivity contribution is -0.146. The van der Waals surface area contributed by atoms with Crippen LogP contribution in [0, 0.1) is 11.3 Å². The maximum Gasteiger partial charge on any atom is 0.328 e. The molecule has 0 spiro atoms. The topological polar surface area (TPSA) is 853 Å². The highest BCUT2D eigenvalue weighted by molar-refractivity contribution is 6.03. The van der Waals surface area contributed by atoms with E-state index in [0.29, 0.717) is 37.7 Å². The van der Waals surface area contributed by atoms with Crippen LogP contribution in [0.1, 0.15) is 181 Å². The quantitative estimate of drug-likeness (QED) is 0.0164. The Morgan fingerprint density at radius 2 is 0.715 bits per heavy atom. The van der Waals surface area contributed by atoms with Crippen LogP contribution in [0.5, 0.6) is 0 Å². The second-order valence-electron chi connectivity index (χ2n) is 36.7. The summed E-state index contributed by atoms with van der Waals surface area (Å²) < 4.78 is 0. The van der Waals surface area contributed by atoms with Gasteiger partial charge >= 0.3 is 5.97 Å². The molecule has 54 heteroatoms. The summed E-state index contributed by atoms with van der Waals surface area (Å²) in [5.74, 6) is -21.2. The van der Waals surface area contributed by atoms with Crippen LogP contribution in [0.25, 0.3) is 0 Å². The highest BCUT2D eigenvalue weighted by Gasteiger charge is 2.47. The molecular formula is C90H145N27O27. The van der Waals surface area contributed by atoms with Crippen LogP contribution in [0.15, 0.2) is 30.3 Å². The van der Waals surface area contributed by atoms with Crippen molar-refractivity contribution in [2.75, 3.05) is 85.3 Å². The molecular weight excluding hydrogens is 1890 g/mol. The van der Waals surface area contributed by atoms with Crippen LogP contribution in [-0.2, 0) is 112 Å². The third-order valence-electron chi connectivity index (χ3n) is 25.3. The van der Waals surface area contributed by atoms with Crippen LogP contribution in [0.4, 0.5) is 0 Å². The van der Waals surface area contributed by atoms with E-state index in [1.54, 1.807) is 44.2 Å². The zero-order chi connectivity index (χ0) is 107. The van der Waals surface area contributed by atoms with Crippen molar-refractivity contribution in [3.8, 4) is 0 Å². The monoisotopic (exact) mass is 2040 g/mol. The molecule has 0 aromatic heterocycles. The Kier molecular flexibility index (Phi) is 49.3. The van der Waals surface area contributed by atoms with Crippen molar-refractivity contribution < 1.29 is 131 Å². The number of nitrogens with two attached hydrogens (primary N) is 6. The van der Waals surface area contributed by atoms with E-state index in [9.17, 15) is 131 Å². The van der Waals surface area contributed by atoms with E-state index in [-0.39, 0.29) is 162 Å². The first-order valence-corrected chi connectivity index (χ1v) is 48.6. The van der Waals surface area contributed by atoms with Gasteiger partial charge in [-0.2, -0.15) is 0 Å². The molecule has 144 heavy (non-hydrogen) atoms. The van der Waals surface area contributed by atoms with Gasteiger partial charge in [-0.25, -0.2) is 4.79 Å². The molecule has 5 heterocycles. The van der Waals surface area contributed by atoms with Gasteiger partial charge in [-0.15, -0.1) is 0 Å². The number of amides is 21. The summed E-state index contributed by atoms with van der Waals surface area (Å²) in [4.78, 5) is 308. The molecule has 0 saturated carbocycles. The summed E-state index contributed by atoms with van der Waals surface area (Å²) in [7, 11) is 0. The lowest BCUT2D eigenvalue weighted by Gasteiger charge is -2.32. The van der Waals surface area contributed by atoms with Crippen molar-refractivity contribution in [3.05, 3.63) is 35.9 Å². The average molecular weight is 2040 g/mol. The second kappa shape index (κ2) is 59.6. The Hall–Kier alpha value is -13.4. The molecule has 802 valence electrons. The van der Waals surface area contributed by atoms with E-state index in [0.717, 1.165) is 16.7 Å². The smallest absolute Gasteiger partial charge is 0.328 e. The minimum atomic E-state index is -1.80. The molecule has 1 aromatic rings. The van der Waals surface area contributed by atoms with Gasteiger partial charge in [-0.05, 0) is 174 Å². The number of hydrogen-bond acceptors (Lipinski definition) is 30. The standard InChI is InChI=1S/C90H145N27O27/c1-47(2)70(111-84(138)62-25-15-37-114(62)69(125)43-100-74(128)59(45-119)109-76(130)53(29-31-66(94)122)102-72(126)48(3)93)85(139)104-52(23-13-35-98-90(96)97)75(129)108-58(44-118)73(127)99-42-68(124)113-36-14-24-61(113)80(134)105-55(21-9-11-33-91)87(141)117-40-18-28-65(117)83(137)107-57(41-51-19-7-6-8-20-51)78(132)110-60(46-120)79(133)101-49(4)86(140)115-38-16-26-63(115)82(136)106-56(22-10-12-34-92)88(142)116-39-17-27-64(116)81(135)103-54(30-32-67(95)123)77(131)112-71(50(5)121)89(143)144/h6-8,19-20,47-50,52-65,70-71,118-121H,9-18,21-46,91-93H2,1-5H3,(H2,94,122)(H2,95,123)(H,99,127)(H,100,128)(H,101,133)(H,102,126)(H,103,135)(H,104,139)(H,105,134)(H,106,136)(H,107,137)(H,108,129)(H,109,130)(H,110,132)(H,111,138)(H,112,131)(H,143,144)(H4,96,97,98)/t48-,49-,50+,52-,53-,54-,55-,56-,57-,58-,59-,60-,61-,62-,63-,64-,65-,70-,71-/m0/s1. The van der Waals surface area contributed by atoms with E-state index in [1.807, 2.05) is 0 Å². The van der Waals surface area contributed by atoms with Gasteiger partial charge in [-0.3, -0.25) is 106 Å². The average Bonchev–Trinajstić information content (AvgIpc) is 1.66. The summed E-state index contributed by atoms with van der Waals surface area (Å²) >= 11 is 0. The van der Waals surface area contributed by atoms with E-state index >= 15 is 0 Å². The van der Waals surface area contributed by atoms with Gasteiger partial charge in [0.2, 0.25) is 124 Å². The third kappa shape index (κ3) is 36.4. The molecule has 5 aliphatic rings. The first-order valence-electron chi connectivity index (χ1n) is 48.6. The van der Waals surface area contributed by atoms with Crippen molar-refractivity contribution in [1.82, 2.24) is 104 Å². The maximum atomic E-state index is 14.9. The first-order chi connectivity index (χ1) is 68.3. The second-order valence-corrected chi connectivity index (χ2v) is 36.7. The van der Waals surface area contributed by atoms with E-state index < -0.39 is 296 Å². The molecule has 1 aromatic carbocycles. The van der Waals surface area contributed by atoms with Crippen LogP contribution in [0.2, 0.25) is 0 Å². The van der Waals surface area contributed by atoms with Crippen molar-refractivity contribution in [3.63, 3.8) is 0 Å². The first kappa shape index (κ1) is 119. The van der Waals surface area contributed by atoms with Crippen LogP contribution >= 0.6 is 0 Å². The predicted octanol–water partition coefficient (Wildman–Crippen LogP) is -12.2. The zero-order valence-corrected chi connectivity index (χ0v) is 81.8. The number of carboxylic acids is 1. The molecule has 54 nitrogen and oxygen atoms in total. The number of rotatable bonds is 59. The lowest BCUT2D eigenvalue weighted by Crippen LogP contribution is -2.61. The number of nitrogens with one attached hydrogen (secondary N) is 16. The Bertz CT molecular complexity index is 4670. The van der Waals surface area contributed by atoms with Crippen molar-refractivity contribution >= 4 is 136 Å². The van der Waals surface area contributed by atoms with Crippen molar-refractivity contribution in [2.24, 2.45) is 40.3 Å². The number of unbranched alkanes of at least 4 members (excludes halogenated alkanes) is 2. The molecule has 5 fully saturated rings. The van der Waals surface area contributed by atoms with E-state index in [2.05, 4.69) is 79.8 Å². The van der Waals surface area contributed by atoms with Gasteiger partial charge in [0.25, 0.3) is 0 Å². The predicted molar refractivity (Wildman–Crippen MR) is 510 cm³/mol. The molecule has 5 saturated heterocycles. The number of aliphatic carboxylic acids is 1. The summed E-state index contributed by atoms with van der Waals surface area (Å²) in [5, 5.41) is 95.7. The summed E-state index contributed by atoms with van der Waals surface area (Å²) in [6.07, 6.45) is -0.159. The number of benzene rings is 1. The lowest BCUT2D eigenvalue weighted by atomic mass is 10.0. The summed E-state index contributed by atoms with van der Waals surface area (Å²) in [6, 6.07) is -17.3. The fraction of sp³-hybridized carbons (Fsp3) is 0.678. The molecule has 19 atom stereocenters. The SMILES string of the molecule is CC(C)[C@H](NC(=O)[C@@H]1CCCN1C(=O)CNC(=O)[C@H](CO)NC(=O)[C@H](CCC(N)=O)NC(=O)[C@H](C)N)C(=O)N[C@@H](CCCNC(=N)N)C(=O)N[C@@H](CO)C(=O)NCC(=O)N1CCC[C@H]1C(=O)N[C@@H](CCCCN)C(=O)N1CCC[C@H]1C(=O)N[C@@H](Cc1ccccc1)C(=O)N[C@@H](CO)C(=O)N[C@@H](C)C(=O)N1CCC[C@H]1C(=O)N[C@@H](CCCCN)C(=O)N1CCC[C@H]1C(=O)N[C@@H](CCC(N)=O)C(=O)N[C@H](C(=O)O)[C@@H](C)O. The minimum Gasteiger partial charge on any atom is -0.480 e. The summed E-state index contributed by atoms with van der Waals surface area (Å²) in [6.45, 7) is 2.64. The molecule has 0 radical (unpaired) electrons. The summed E-state index contributed by atoms with van der Waals surface area (Å²) in [5.41, 5.74) is 33.8. The molecule has 6 rings (SSSR count). The fourth-order valence-corrected chi connectivity index (χ4v) is 17.3. The number of aliphatic hydroxyl groups is 4. The van der Waals surface area contributed by atoms with Crippen molar-refractivity contribution in [2.45, 2.75) is 297 Å². The van der Waals surface area contributed by atoms with Crippen LogP contribution in [-0.4, -0.2) is 386 Å². The number of carboxylic acid groups (broad SMARTS) is 1. The molecule has 0 aliphatic carbocycles. The van der Waals surface area contributed by atoms with E-state index in [4.69, 9.17) is 39.8 Å². The Morgan fingerprint density at radius 3 is 1.10 bits per heavy atom. The highest BCUT2D eigenvalue weighted by atomic mass is 16.4. The fourth-order valence-electron chi connectivity index (χ4n) is 17.3. The number of primary amides is 2. The van der Waals surface area contributed by atoms with Gasteiger partial charge in [0.1, 0.15) is 96.7 Å². The van der Waals surface area contributed by atoms with Gasteiger partial charge in [0, 0.05) is 58.5 Å². The zero-order valence-electron chi connectivity index (χ0n) is 81.8. The Labute approximate surface area is 831 Å². The number of likely N-dealkylation sites (tertiary alicyclic amines) is 5. The minimum absolute atomic E-state index is 0.00168. The van der Waals surface area contributed by atoms with Gasteiger partial charge in [0.05, 0.1) is 45.1 Å². The molecule has 21 amide bonds. The third-order valence-corrected chi connectivity index (χ3v) is 25.3. The largest absolute Gasteiger partial charge is 0.480 e. The molecule has 0 bridgehead atoms. The Morgan fingerprint density at radius 1 is 0.375 bits per heavy atom. The van der Waals surface area contributed by atoms with Gasteiger partial charge < -0.3 is 164 Å². The van der Waals surface area contributed by atoms with Crippen LogP contribution in [0.3, 0.4) is 0 Å². The molecule has 0 unspecified atom stereocenters. The van der Waals surface area contributed by atoms with E-state index in [1.165, 1.54) is 28.5 Å². The Balaban J connectivity index is 1.06.